The van der Waals surface area contributed by atoms with E-state index >= 15 is 0 Å². The molecular weight excluding hydrogens is 456 g/mol. The number of pyridine rings is 3. The Morgan fingerprint density at radius 2 is 1.97 bits per heavy atom. The smallest absolute Gasteiger partial charge is 0.224 e. The summed E-state index contributed by atoms with van der Waals surface area (Å²) in [5.41, 5.74) is 6.81. The zero-order valence-electron chi connectivity index (χ0n) is 19.4. The maximum atomic E-state index is 12.1. The van der Waals surface area contributed by atoms with Gasteiger partial charge in [0.25, 0.3) is 0 Å². The molecule has 0 saturated heterocycles. The molecule has 0 aromatic carbocycles. The number of nitrogens with one attached hydrogen (secondary N) is 3. The fourth-order valence-electron chi connectivity index (χ4n) is 4.14. The Morgan fingerprint density at radius 1 is 1.06 bits per heavy atom. The normalized spacial score (nSPS) is 11.4. The molecule has 1 amide bonds. The molecular formula is C26H22N8O2. The summed E-state index contributed by atoms with van der Waals surface area (Å²) in [5, 5.41) is 11.2. The van der Waals surface area contributed by atoms with Gasteiger partial charge in [-0.05, 0) is 30.7 Å². The highest BCUT2D eigenvalue weighted by Gasteiger charge is 2.17. The van der Waals surface area contributed by atoms with E-state index in [4.69, 9.17) is 9.40 Å². The summed E-state index contributed by atoms with van der Waals surface area (Å²) in [6.07, 6.45) is 12.5. The van der Waals surface area contributed by atoms with E-state index in [9.17, 15) is 4.79 Å². The van der Waals surface area contributed by atoms with Crippen molar-refractivity contribution in [2.45, 2.75) is 26.2 Å². The number of hydrogen-bond acceptors (Lipinski definition) is 7. The van der Waals surface area contributed by atoms with E-state index in [1.54, 1.807) is 37.3 Å². The predicted molar refractivity (Wildman–Crippen MR) is 136 cm³/mol. The second-order valence-electron chi connectivity index (χ2n) is 8.46. The molecule has 0 radical (unpaired) electrons. The van der Waals surface area contributed by atoms with E-state index in [2.05, 4.69) is 42.4 Å². The van der Waals surface area contributed by atoms with Crippen molar-refractivity contribution in [3.05, 3.63) is 61.6 Å². The Bertz CT molecular complexity index is 1680. The van der Waals surface area contributed by atoms with Crippen molar-refractivity contribution in [1.82, 2.24) is 35.1 Å². The number of carbonyl (C=O) groups is 1. The van der Waals surface area contributed by atoms with E-state index in [0.717, 1.165) is 46.0 Å². The minimum atomic E-state index is -0.0187. The zero-order valence-corrected chi connectivity index (χ0v) is 19.4. The molecule has 0 aliphatic rings. The highest BCUT2D eigenvalue weighted by Crippen LogP contribution is 2.32. The monoisotopic (exact) mass is 478 g/mol. The van der Waals surface area contributed by atoms with Crippen molar-refractivity contribution in [1.29, 1.82) is 0 Å². The summed E-state index contributed by atoms with van der Waals surface area (Å²) in [5.74, 6) is 0.559. The Morgan fingerprint density at radius 3 is 2.83 bits per heavy atom. The Labute approximate surface area is 205 Å². The Kier molecular flexibility index (Phi) is 5.45. The van der Waals surface area contributed by atoms with Crippen LogP contribution in [-0.4, -0.2) is 41.0 Å². The number of anilines is 1. The largest absolute Gasteiger partial charge is 0.472 e. The molecule has 10 heteroatoms. The second-order valence-corrected chi connectivity index (χ2v) is 8.46. The summed E-state index contributed by atoms with van der Waals surface area (Å²) in [6.45, 7) is 2.06. The van der Waals surface area contributed by atoms with Crippen molar-refractivity contribution in [3.8, 4) is 33.8 Å². The molecule has 0 saturated carbocycles. The van der Waals surface area contributed by atoms with Crippen LogP contribution in [0.2, 0.25) is 0 Å². The van der Waals surface area contributed by atoms with E-state index in [1.807, 2.05) is 24.3 Å². The number of H-pyrrole nitrogens is 2. The second kappa shape index (κ2) is 9.06. The summed E-state index contributed by atoms with van der Waals surface area (Å²) in [7, 11) is 0. The molecule has 178 valence electrons. The molecule has 0 atom stereocenters. The maximum absolute atomic E-state index is 12.1. The number of hydrogen-bond donors (Lipinski definition) is 3. The van der Waals surface area contributed by atoms with Gasteiger partial charge in [0, 0.05) is 47.3 Å². The minimum Gasteiger partial charge on any atom is -0.472 e. The fraction of sp³-hybridized carbons (Fsp3) is 0.154. The predicted octanol–water partition coefficient (Wildman–Crippen LogP) is 5.35. The lowest BCUT2D eigenvalue weighted by atomic mass is 10.1. The third-order valence-corrected chi connectivity index (χ3v) is 5.97. The van der Waals surface area contributed by atoms with E-state index in [0.29, 0.717) is 34.9 Å². The number of aromatic nitrogens is 7. The van der Waals surface area contributed by atoms with Gasteiger partial charge in [-0.15, -0.1) is 0 Å². The summed E-state index contributed by atoms with van der Waals surface area (Å²) < 4.78 is 5.24. The number of furan rings is 1. The number of carbonyl (C=O) groups excluding carboxylic acids is 1. The van der Waals surface area contributed by atoms with Crippen molar-refractivity contribution in [3.63, 3.8) is 0 Å². The SMILES string of the molecule is CCCCC(=O)Nc1cncc(-c2cnc3[nH]nc(-c4nc5c(-c6ccoc6)ccnc5[nH]4)c3c2)c1. The van der Waals surface area contributed by atoms with Crippen molar-refractivity contribution in [2.75, 3.05) is 5.32 Å². The summed E-state index contributed by atoms with van der Waals surface area (Å²) >= 11 is 0. The van der Waals surface area contributed by atoms with E-state index < -0.39 is 0 Å². The van der Waals surface area contributed by atoms with Crippen LogP contribution in [0.4, 0.5) is 5.69 Å². The average molecular weight is 479 g/mol. The Hall–Kier alpha value is -4.86. The molecule has 36 heavy (non-hydrogen) atoms. The molecule has 6 rings (SSSR count). The van der Waals surface area contributed by atoms with Crippen molar-refractivity contribution in [2.24, 2.45) is 0 Å². The molecule has 6 heterocycles. The first-order valence-electron chi connectivity index (χ1n) is 11.7. The number of nitrogens with zero attached hydrogens (tertiary/aromatic N) is 5. The number of rotatable bonds is 7. The Balaban J connectivity index is 1.37. The highest BCUT2D eigenvalue weighted by molar-refractivity contribution is 5.96. The van der Waals surface area contributed by atoms with E-state index in [-0.39, 0.29) is 5.91 Å². The first-order chi connectivity index (χ1) is 17.7. The standard InChI is InChI=1S/C26H22N8O2/c1-2-3-4-21(35)30-18-9-16(11-27-13-18)17-10-20-23(33-34-24(20)29-12-17)26-31-22-19(15-6-8-36-14-15)5-7-28-25(22)32-26/h5-14H,2-4H2,1H3,(H,30,35)(H,28,31,32)(H,29,33,34). The molecule has 0 aliphatic carbocycles. The number of imidazole rings is 1. The number of fused-ring (bicyclic) bond motifs is 2. The van der Waals surface area contributed by atoms with Crippen LogP contribution >= 0.6 is 0 Å². The van der Waals surface area contributed by atoms with Gasteiger partial charge >= 0.3 is 0 Å². The molecule has 0 aliphatic heterocycles. The van der Waals surface area contributed by atoms with Crippen molar-refractivity contribution < 1.29 is 9.21 Å². The number of unbranched alkanes of at least 4 members (excludes halogenated alkanes) is 1. The summed E-state index contributed by atoms with van der Waals surface area (Å²) in [4.78, 5) is 33.5. The topological polar surface area (TPSA) is 138 Å². The highest BCUT2D eigenvalue weighted by atomic mass is 16.3. The number of amides is 1. The quantitative estimate of drug-likeness (QED) is 0.281. The van der Waals surface area contributed by atoms with Crippen LogP contribution in [-0.2, 0) is 4.79 Å². The van der Waals surface area contributed by atoms with Crippen LogP contribution in [0, 0.1) is 0 Å². The van der Waals surface area contributed by atoms with Crippen LogP contribution in [0.15, 0.2) is 66.0 Å². The van der Waals surface area contributed by atoms with Crippen molar-refractivity contribution >= 4 is 33.8 Å². The molecule has 0 bridgehead atoms. The van der Waals surface area contributed by atoms with Crippen LogP contribution < -0.4 is 5.32 Å². The van der Waals surface area contributed by atoms with Crippen LogP contribution in [0.1, 0.15) is 26.2 Å². The van der Waals surface area contributed by atoms with Gasteiger partial charge in [0.1, 0.15) is 11.2 Å². The van der Waals surface area contributed by atoms with E-state index in [1.165, 1.54) is 0 Å². The van der Waals surface area contributed by atoms with Gasteiger partial charge in [-0.25, -0.2) is 15.0 Å². The van der Waals surface area contributed by atoms with Crippen LogP contribution in [0.25, 0.3) is 56.0 Å². The average Bonchev–Trinajstić information content (AvgIpc) is 3.66. The molecule has 10 nitrogen and oxygen atoms in total. The van der Waals surface area contributed by atoms with Crippen LogP contribution in [0.3, 0.4) is 0 Å². The van der Waals surface area contributed by atoms with Gasteiger partial charge < -0.3 is 14.7 Å². The van der Waals surface area contributed by atoms with Gasteiger partial charge in [-0.2, -0.15) is 5.10 Å². The first-order valence-corrected chi connectivity index (χ1v) is 11.7. The molecule has 0 unspecified atom stereocenters. The molecule has 6 aromatic rings. The summed E-state index contributed by atoms with van der Waals surface area (Å²) in [6, 6.07) is 7.67. The third kappa shape index (κ3) is 3.98. The minimum absolute atomic E-state index is 0.0187. The lowest BCUT2D eigenvalue weighted by Crippen LogP contribution is -2.11. The number of aromatic amines is 2. The first kappa shape index (κ1) is 21.7. The lowest BCUT2D eigenvalue weighted by molar-refractivity contribution is -0.116. The van der Waals surface area contributed by atoms with Crippen LogP contribution in [0.5, 0.6) is 0 Å². The fourth-order valence-corrected chi connectivity index (χ4v) is 4.14. The van der Waals surface area contributed by atoms with Gasteiger partial charge in [-0.3, -0.25) is 14.9 Å². The molecule has 6 aromatic heterocycles. The van der Waals surface area contributed by atoms with Gasteiger partial charge in [-0.1, -0.05) is 13.3 Å². The van der Waals surface area contributed by atoms with Gasteiger partial charge in [0.05, 0.1) is 29.8 Å². The molecule has 0 fully saturated rings. The van der Waals surface area contributed by atoms with Gasteiger partial charge in [0.2, 0.25) is 5.91 Å². The molecule has 0 spiro atoms. The van der Waals surface area contributed by atoms with Gasteiger partial charge in [0.15, 0.2) is 17.1 Å². The third-order valence-electron chi connectivity index (χ3n) is 5.97. The zero-order chi connectivity index (χ0) is 24.5. The molecule has 3 N–H and O–H groups in total. The lowest BCUT2D eigenvalue weighted by Gasteiger charge is -2.07. The maximum Gasteiger partial charge on any atom is 0.224 e.